The highest BCUT2D eigenvalue weighted by atomic mass is 19.3. The number of rotatable bonds is 12. The number of aliphatic carboxylic acids is 1. The van der Waals surface area contributed by atoms with Crippen LogP contribution in [-0.4, -0.2) is 45.6 Å². The van der Waals surface area contributed by atoms with Crippen molar-refractivity contribution in [3.05, 3.63) is 101 Å². The van der Waals surface area contributed by atoms with Crippen molar-refractivity contribution in [3.8, 4) is 5.75 Å². The molecule has 9 heteroatoms. The molecule has 0 saturated carbocycles. The number of carboxylic acid groups (broad SMARTS) is 1. The van der Waals surface area contributed by atoms with Crippen molar-refractivity contribution in [2.24, 2.45) is 0 Å². The molecule has 3 aromatic carbocycles. The van der Waals surface area contributed by atoms with E-state index >= 15 is 0 Å². The number of carboxylic acids is 1. The molecule has 0 bridgehead atoms. The molecule has 38 heavy (non-hydrogen) atoms. The first-order valence-electron chi connectivity index (χ1n) is 12.1. The van der Waals surface area contributed by atoms with E-state index in [2.05, 4.69) is 5.32 Å². The van der Waals surface area contributed by atoms with E-state index in [0.29, 0.717) is 24.1 Å². The number of carbonyl (C=O) groups is 1. The van der Waals surface area contributed by atoms with Crippen LogP contribution in [0.1, 0.15) is 47.8 Å². The van der Waals surface area contributed by atoms with Gasteiger partial charge >= 0.3 is 0 Å². The van der Waals surface area contributed by atoms with E-state index in [0.717, 1.165) is 18.1 Å². The molecule has 0 unspecified atom stereocenters. The van der Waals surface area contributed by atoms with Gasteiger partial charge in [-0.3, -0.25) is 4.79 Å². The van der Waals surface area contributed by atoms with Gasteiger partial charge in [-0.25, -0.2) is 0 Å². The average molecular weight is 532 g/mol. The van der Waals surface area contributed by atoms with Crippen LogP contribution in [0, 0.1) is 0 Å². The zero-order valence-corrected chi connectivity index (χ0v) is 21.5. The topological polar surface area (TPSA) is 119 Å². The lowest BCUT2D eigenvalue weighted by atomic mass is 10.0. The van der Waals surface area contributed by atoms with E-state index in [9.17, 15) is 24.1 Å². The van der Waals surface area contributed by atoms with Crippen molar-refractivity contribution in [2.45, 2.75) is 51.6 Å². The molecular formula is C29H35F2NO6. The van der Waals surface area contributed by atoms with Crippen LogP contribution in [0.25, 0.3) is 0 Å². The Morgan fingerprint density at radius 1 is 1.03 bits per heavy atom. The Kier molecular flexibility index (Phi) is 12.3. The largest absolute Gasteiger partial charge is 0.508 e. The molecule has 0 aromatic heterocycles. The SMILES string of the molecule is CC(=O)O.C[C@@H](Cc1cccc(COCC(F)(F)c2ccccc2)c1)NC[C@H](O)c1ccc(O)c(CO)c1. The Morgan fingerprint density at radius 3 is 2.34 bits per heavy atom. The maximum atomic E-state index is 14.3. The Bertz CT molecular complexity index is 1140. The van der Waals surface area contributed by atoms with Crippen molar-refractivity contribution < 1.29 is 38.7 Å². The summed E-state index contributed by atoms with van der Waals surface area (Å²) in [6, 6.07) is 20.0. The van der Waals surface area contributed by atoms with Gasteiger partial charge in [-0.15, -0.1) is 0 Å². The van der Waals surface area contributed by atoms with E-state index in [4.69, 9.17) is 14.6 Å². The van der Waals surface area contributed by atoms with E-state index < -0.39 is 24.6 Å². The van der Waals surface area contributed by atoms with E-state index in [-0.39, 0.29) is 30.6 Å². The van der Waals surface area contributed by atoms with Crippen molar-refractivity contribution in [1.29, 1.82) is 0 Å². The number of phenols is 1. The number of hydrogen-bond donors (Lipinski definition) is 5. The van der Waals surface area contributed by atoms with Gasteiger partial charge in [-0.05, 0) is 42.2 Å². The molecular weight excluding hydrogens is 496 g/mol. The summed E-state index contributed by atoms with van der Waals surface area (Å²) in [5.74, 6) is -3.89. The van der Waals surface area contributed by atoms with Crippen LogP contribution in [0.4, 0.5) is 8.78 Å². The Hall–Kier alpha value is -3.37. The number of aromatic hydroxyl groups is 1. The molecule has 0 radical (unpaired) electrons. The minimum atomic E-state index is -3.05. The van der Waals surface area contributed by atoms with Crippen molar-refractivity contribution in [3.63, 3.8) is 0 Å². The fraction of sp³-hybridized carbons (Fsp3) is 0.345. The first-order valence-corrected chi connectivity index (χ1v) is 12.1. The molecule has 3 aromatic rings. The number of nitrogens with one attached hydrogen (secondary N) is 1. The minimum absolute atomic E-state index is 0.00702. The van der Waals surface area contributed by atoms with Gasteiger partial charge in [0.25, 0.3) is 11.9 Å². The highest BCUT2D eigenvalue weighted by molar-refractivity contribution is 5.62. The predicted molar refractivity (Wildman–Crippen MR) is 140 cm³/mol. The molecule has 206 valence electrons. The van der Waals surface area contributed by atoms with Crippen LogP contribution < -0.4 is 5.32 Å². The second-order valence-electron chi connectivity index (χ2n) is 8.98. The second-order valence-corrected chi connectivity index (χ2v) is 8.98. The van der Waals surface area contributed by atoms with Crippen LogP contribution in [0.3, 0.4) is 0 Å². The maximum absolute atomic E-state index is 14.3. The first-order chi connectivity index (χ1) is 18.0. The van der Waals surface area contributed by atoms with Gasteiger partial charge < -0.3 is 30.5 Å². The smallest absolute Gasteiger partial charge is 0.300 e. The fourth-order valence-corrected chi connectivity index (χ4v) is 3.70. The monoisotopic (exact) mass is 531 g/mol. The third-order valence-corrected chi connectivity index (χ3v) is 5.60. The normalized spacial score (nSPS) is 12.8. The summed E-state index contributed by atoms with van der Waals surface area (Å²) in [5.41, 5.74) is 2.75. The van der Waals surface area contributed by atoms with Crippen molar-refractivity contribution in [1.82, 2.24) is 5.32 Å². The molecule has 0 saturated heterocycles. The fourth-order valence-electron chi connectivity index (χ4n) is 3.70. The van der Waals surface area contributed by atoms with E-state index in [1.807, 2.05) is 31.2 Å². The van der Waals surface area contributed by atoms with E-state index in [1.165, 1.54) is 18.2 Å². The van der Waals surface area contributed by atoms with Crippen LogP contribution in [-0.2, 0) is 35.1 Å². The van der Waals surface area contributed by atoms with Crippen LogP contribution >= 0.6 is 0 Å². The summed E-state index contributed by atoms with van der Waals surface area (Å²) in [6.07, 6.45) is -0.113. The third kappa shape index (κ3) is 10.5. The Morgan fingerprint density at radius 2 is 1.68 bits per heavy atom. The van der Waals surface area contributed by atoms with Gasteiger partial charge in [0.2, 0.25) is 0 Å². The summed E-state index contributed by atoms with van der Waals surface area (Å²) < 4.78 is 33.9. The van der Waals surface area contributed by atoms with Gasteiger partial charge in [0.05, 0.1) is 19.3 Å². The molecule has 5 N–H and O–H groups in total. The lowest BCUT2D eigenvalue weighted by Gasteiger charge is -2.19. The van der Waals surface area contributed by atoms with Gasteiger partial charge in [0.1, 0.15) is 12.4 Å². The molecule has 0 aliphatic carbocycles. The summed E-state index contributed by atoms with van der Waals surface area (Å²) >= 11 is 0. The quantitative estimate of drug-likeness (QED) is 0.233. The first kappa shape index (κ1) is 30.9. The minimum Gasteiger partial charge on any atom is -0.508 e. The Labute approximate surface area is 221 Å². The van der Waals surface area contributed by atoms with E-state index in [1.54, 1.807) is 30.3 Å². The molecule has 0 amide bonds. The lowest BCUT2D eigenvalue weighted by Crippen LogP contribution is -2.32. The summed E-state index contributed by atoms with van der Waals surface area (Å²) in [7, 11) is 0. The second kappa shape index (κ2) is 15.1. The van der Waals surface area contributed by atoms with Crippen LogP contribution in [0.5, 0.6) is 5.75 Å². The third-order valence-electron chi connectivity index (χ3n) is 5.60. The zero-order valence-electron chi connectivity index (χ0n) is 21.5. The average Bonchev–Trinajstić information content (AvgIpc) is 2.88. The highest BCUT2D eigenvalue weighted by Crippen LogP contribution is 2.28. The van der Waals surface area contributed by atoms with Crippen molar-refractivity contribution in [2.75, 3.05) is 13.2 Å². The molecule has 0 fully saturated rings. The summed E-state index contributed by atoms with van der Waals surface area (Å²) in [4.78, 5) is 9.00. The standard InChI is InChI=1S/C27H31F2NO4.C2H4O2/c1-19(30-15-26(33)22-10-11-25(32)23(14-22)16-31)12-20-6-5-7-21(13-20)17-34-18-27(28,29)24-8-3-2-4-9-24;1-2(3)4/h2-11,13-14,19,26,30-33H,12,15-18H2,1H3;1H3,(H,3,4)/t19-,26-;/m0./s1. The molecule has 0 aliphatic heterocycles. The van der Waals surface area contributed by atoms with Gasteiger partial charge in [0, 0.05) is 30.6 Å². The van der Waals surface area contributed by atoms with Gasteiger partial charge in [-0.1, -0.05) is 60.7 Å². The zero-order chi connectivity index (χ0) is 28.1. The maximum Gasteiger partial charge on any atom is 0.300 e. The number of halogens is 2. The lowest BCUT2D eigenvalue weighted by molar-refractivity contribution is -0.134. The summed E-state index contributed by atoms with van der Waals surface area (Å²) in [5, 5.41) is 40.1. The molecule has 0 aliphatic rings. The van der Waals surface area contributed by atoms with Gasteiger partial charge in [0.15, 0.2) is 0 Å². The predicted octanol–water partition coefficient (Wildman–Crippen LogP) is 4.54. The molecule has 7 nitrogen and oxygen atoms in total. The number of aliphatic hydroxyl groups excluding tert-OH is 2. The summed E-state index contributed by atoms with van der Waals surface area (Å²) in [6.45, 7) is 2.47. The molecule has 2 atom stereocenters. The highest BCUT2D eigenvalue weighted by Gasteiger charge is 2.31. The number of hydrogen-bond acceptors (Lipinski definition) is 6. The number of alkyl halides is 2. The van der Waals surface area contributed by atoms with Crippen LogP contribution in [0.15, 0.2) is 72.8 Å². The van der Waals surface area contributed by atoms with Crippen molar-refractivity contribution >= 4 is 5.97 Å². The van der Waals surface area contributed by atoms with Crippen LogP contribution in [0.2, 0.25) is 0 Å². The van der Waals surface area contributed by atoms with Gasteiger partial charge in [-0.2, -0.15) is 8.78 Å². The molecule has 0 heterocycles. The molecule has 0 spiro atoms. The number of aliphatic hydroxyl groups is 2. The number of benzene rings is 3. The number of ether oxygens (including phenoxy) is 1. The Balaban J connectivity index is 0.00000118. The molecule has 3 rings (SSSR count).